The van der Waals surface area contributed by atoms with Crippen molar-refractivity contribution in [3.8, 4) is 0 Å². The molecule has 5 nitrogen and oxygen atoms in total. The van der Waals surface area contributed by atoms with E-state index in [2.05, 4.69) is 10.6 Å². The molecule has 2 amide bonds. The van der Waals surface area contributed by atoms with E-state index in [1.807, 2.05) is 13.0 Å². The Hall–Kier alpha value is -2.73. The molecular weight excluding hydrogens is 345 g/mol. The SMILES string of the molecule is CCNC(=O)c1cccc(NC(=O)C[NH+](Cc2ccccc2F)C2CC2)c1. The molecule has 2 aromatic rings. The number of carbonyl (C=O) groups excluding carboxylic acids is 2. The van der Waals surface area contributed by atoms with E-state index in [9.17, 15) is 14.0 Å². The molecule has 1 saturated carbocycles. The lowest BCUT2D eigenvalue weighted by Crippen LogP contribution is -3.13. The zero-order valence-electron chi connectivity index (χ0n) is 15.4. The van der Waals surface area contributed by atoms with Crippen LogP contribution in [-0.4, -0.2) is 30.9 Å². The van der Waals surface area contributed by atoms with Gasteiger partial charge in [-0.25, -0.2) is 4.39 Å². The topological polar surface area (TPSA) is 62.6 Å². The van der Waals surface area contributed by atoms with Crippen LogP contribution >= 0.6 is 0 Å². The average Bonchev–Trinajstić information content (AvgIpc) is 3.48. The number of carbonyl (C=O) groups is 2. The van der Waals surface area contributed by atoms with Gasteiger partial charge in [-0.15, -0.1) is 0 Å². The molecule has 0 aromatic heterocycles. The summed E-state index contributed by atoms with van der Waals surface area (Å²) >= 11 is 0. The van der Waals surface area contributed by atoms with Crippen LogP contribution in [0.5, 0.6) is 0 Å². The van der Waals surface area contributed by atoms with Gasteiger partial charge in [-0.3, -0.25) is 9.59 Å². The molecule has 3 N–H and O–H groups in total. The minimum absolute atomic E-state index is 0.138. The van der Waals surface area contributed by atoms with Gasteiger partial charge < -0.3 is 15.5 Å². The quantitative estimate of drug-likeness (QED) is 0.663. The molecule has 0 bridgehead atoms. The number of quaternary nitrogens is 1. The fourth-order valence-electron chi connectivity index (χ4n) is 3.14. The zero-order valence-corrected chi connectivity index (χ0v) is 15.4. The van der Waals surface area contributed by atoms with Crippen molar-refractivity contribution in [3.05, 3.63) is 65.5 Å². The molecule has 142 valence electrons. The van der Waals surface area contributed by atoms with Crippen molar-refractivity contribution >= 4 is 17.5 Å². The van der Waals surface area contributed by atoms with Crippen LogP contribution in [0.4, 0.5) is 10.1 Å². The lowest BCUT2D eigenvalue weighted by molar-refractivity contribution is -0.917. The van der Waals surface area contributed by atoms with E-state index in [1.54, 1.807) is 36.4 Å². The molecule has 0 heterocycles. The molecule has 3 rings (SSSR count). The molecule has 0 saturated heterocycles. The van der Waals surface area contributed by atoms with Gasteiger partial charge in [0.25, 0.3) is 11.8 Å². The zero-order chi connectivity index (χ0) is 19.2. The Morgan fingerprint density at radius 1 is 1.15 bits per heavy atom. The molecule has 1 aliphatic carbocycles. The van der Waals surface area contributed by atoms with Crippen molar-refractivity contribution in [2.45, 2.75) is 32.4 Å². The van der Waals surface area contributed by atoms with E-state index in [-0.39, 0.29) is 24.2 Å². The third-order valence-corrected chi connectivity index (χ3v) is 4.66. The number of benzene rings is 2. The molecule has 1 aliphatic rings. The van der Waals surface area contributed by atoms with Gasteiger partial charge in [0.1, 0.15) is 12.4 Å². The van der Waals surface area contributed by atoms with Crippen LogP contribution in [0.1, 0.15) is 35.7 Å². The minimum Gasteiger partial charge on any atom is -0.352 e. The van der Waals surface area contributed by atoms with Crippen LogP contribution in [0, 0.1) is 5.82 Å². The van der Waals surface area contributed by atoms with Crippen LogP contribution in [0.15, 0.2) is 48.5 Å². The van der Waals surface area contributed by atoms with E-state index in [4.69, 9.17) is 0 Å². The number of amides is 2. The second-order valence-corrected chi connectivity index (χ2v) is 6.87. The Bertz CT molecular complexity index is 821. The van der Waals surface area contributed by atoms with Gasteiger partial charge in [-0.1, -0.05) is 24.3 Å². The van der Waals surface area contributed by atoms with Gasteiger partial charge in [0, 0.05) is 36.2 Å². The van der Waals surface area contributed by atoms with Gasteiger partial charge in [-0.05, 0) is 31.2 Å². The van der Waals surface area contributed by atoms with Crippen molar-refractivity contribution in [2.75, 3.05) is 18.4 Å². The highest BCUT2D eigenvalue weighted by Crippen LogP contribution is 2.16. The van der Waals surface area contributed by atoms with Crippen LogP contribution in [0.25, 0.3) is 0 Å². The molecule has 1 atom stereocenters. The third kappa shape index (κ3) is 5.37. The van der Waals surface area contributed by atoms with Crippen molar-refractivity contribution in [1.29, 1.82) is 0 Å². The highest BCUT2D eigenvalue weighted by molar-refractivity contribution is 5.97. The Labute approximate surface area is 158 Å². The Balaban J connectivity index is 1.62. The molecule has 1 unspecified atom stereocenters. The summed E-state index contributed by atoms with van der Waals surface area (Å²) in [7, 11) is 0. The number of rotatable bonds is 8. The van der Waals surface area contributed by atoms with Gasteiger partial charge >= 0.3 is 0 Å². The molecule has 1 fully saturated rings. The smallest absolute Gasteiger partial charge is 0.279 e. The highest BCUT2D eigenvalue weighted by atomic mass is 19.1. The summed E-state index contributed by atoms with van der Waals surface area (Å²) in [6, 6.07) is 14.0. The second-order valence-electron chi connectivity index (χ2n) is 6.87. The Morgan fingerprint density at radius 2 is 1.93 bits per heavy atom. The predicted molar refractivity (Wildman–Crippen MR) is 102 cm³/mol. The van der Waals surface area contributed by atoms with Gasteiger partial charge in [0.15, 0.2) is 6.54 Å². The second kappa shape index (κ2) is 8.77. The normalized spacial score (nSPS) is 14.4. The van der Waals surface area contributed by atoms with Gasteiger partial charge in [0.05, 0.1) is 6.04 Å². The number of halogens is 1. The van der Waals surface area contributed by atoms with E-state index in [1.165, 1.54) is 6.07 Å². The molecule has 0 aliphatic heterocycles. The van der Waals surface area contributed by atoms with Crippen LogP contribution in [0.2, 0.25) is 0 Å². The summed E-state index contributed by atoms with van der Waals surface area (Å²) in [4.78, 5) is 25.5. The van der Waals surface area contributed by atoms with Crippen LogP contribution < -0.4 is 15.5 Å². The fraction of sp³-hybridized carbons (Fsp3) is 0.333. The lowest BCUT2D eigenvalue weighted by Gasteiger charge is -2.19. The number of nitrogens with one attached hydrogen (secondary N) is 3. The Kier molecular flexibility index (Phi) is 6.19. The minimum atomic E-state index is -0.231. The number of hydrogen-bond donors (Lipinski definition) is 3. The maximum absolute atomic E-state index is 13.9. The largest absolute Gasteiger partial charge is 0.352 e. The third-order valence-electron chi connectivity index (χ3n) is 4.66. The van der Waals surface area contributed by atoms with E-state index < -0.39 is 0 Å². The Morgan fingerprint density at radius 3 is 2.63 bits per heavy atom. The van der Waals surface area contributed by atoms with E-state index >= 15 is 0 Å². The van der Waals surface area contributed by atoms with Gasteiger partial charge in [-0.2, -0.15) is 0 Å². The summed E-state index contributed by atoms with van der Waals surface area (Å²) < 4.78 is 13.9. The van der Waals surface area contributed by atoms with E-state index in [0.29, 0.717) is 35.9 Å². The summed E-state index contributed by atoms with van der Waals surface area (Å²) in [5.41, 5.74) is 1.72. The molecule has 27 heavy (non-hydrogen) atoms. The molecule has 0 spiro atoms. The van der Waals surface area contributed by atoms with Crippen molar-refractivity contribution < 1.29 is 18.9 Å². The number of anilines is 1. The predicted octanol–water partition coefficient (Wildman–Crippen LogP) is 1.76. The summed E-state index contributed by atoms with van der Waals surface area (Å²) in [5.74, 6) is -0.537. The first kappa shape index (κ1) is 19.0. The first-order chi connectivity index (χ1) is 13.1. The standard InChI is InChI=1S/C21H24FN3O2/c1-2-23-21(27)15-7-5-8-17(12-15)24-20(26)14-25(18-10-11-18)13-16-6-3-4-9-19(16)22/h3-9,12,18H,2,10-11,13-14H2,1H3,(H,23,27)(H,24,26)/p+1. The first-order valence-corrected chi connectivity index (χ1v) is 9.33. The van der Waals surface area contributed by atoms with Crippen LogP contribution in [0.3, 0.4) is 0 Å². The monoisotopic (exact) mass is 370 g/mol. The lowest BCUT2D eigenvalue weighted by atomic mass is 10.2. The molecule has 6 heteroatoms. The van der Waals surface area contributed by atoms with Crippen molar-refractivity contribution in [2.24, 2.45) is 0 Å². The fourth-order valence-corrected chi connectivity index (χ4v) is 3.14. The summed E-state index contributed by atoms with van der Waals surface area (Å²) in [5, 5.41) is 5.60. The van der Waals surface area contributed by atoms with Crippen molar-refractivity contribution in [1.82, 2.24) is 5.32 Å². The maximum atomic E-state index is 13.9. The summed E-state index contributed by atoms with van der Waals surface area (Å²) in [6.07, 6.45) is 2.12. The maximum Gasteiger partial charge on any atom is 0.279 e. The number of hydrogen-bond acceptors (Lipinski definition) is 2. The highest BCUT2D eigenvalue weighted by Gasteiger charge is 2.35. The summed E-state index contributed by atoms with van der Waals surface area (Å²) in [6.45, 7) is 3.16. The molecule has 2 aromatic carbocycles. The van der Waals surface area contributed by atoms with Crippen LogP contribution in [-0.2, 0) is 11.3 Å². The van der Waals surface area contributed by atoms with Crippen molar-refractivity contribution in [3.63, 3.8) is 0 Å². The molecule has 0 radical (unpaired) electrons. The average molecular weight is 370 g/mol. The molecular formula is C21H25FN3O2+. The first-order valence-electron chi connectivity index (χ1n) is 9.33. The van der Waals surface area contributed by atoms with E-state index in [0.717, 1.165) is 17.7 Å². The van der Waals surface area contributed by atoms with Gasteiger partial charge in [0.2, 0.25) is 0 Å².